The van der Waals surface area contributed by atoms with Gasteiger partial charge in [-0.15, -0.1) is 0 Å². The van der Waals surface area contributed by atoms with Gasteiger partial charge in [0, 0.05) is 6.04 Å². The van der Waals surface area contributed by atoms with Crippen molar-refractivity contribution in [3.63, 3.8) is 0 Å². The van der Waals surface area contributed by atoms with Gasteiger partial charge in [0.2, 0.25) is 0 Å². The maximum atomic E-state index is 9.73. The van der Waals surface area contributed by atoms with E-state index in [0.29, 0.717) is 0 Å². The minimum absolute atomic E-state index is 0. The Morgan fingerprint density at radius 2 is 1.85 bits per heavy atom. The van der Waals surface area contributed by atoms with E-state index in [9.17, 15) is 5.11 Å². The summed E-state index contributed by atoms with van der Waals surface area (Å²) in [7, 11) is 1.84. The molecule has 1 rings (SSSR count). The molecule has 70 valence electrons. The van der Waals surface area contributed by atoms with Crippen LogP contribution in [0.2, 0.25) is 0 Å². The van der Waals surface area contributed by atoms with E-state index in [-0.39, 0.29) is 46.6 Å². The van der Waals surface area contributed by atoms with E-state index in [4.69, 9.17) is 0 Å². The van der Waals surface area contributed by atoms with Gasteiger partial charge in [-0.1, -0.05) is 30.3 Å². The number of nitrogens with one attached hydrogen (secondary N) is 1. The molecule has 13 heavy (non-hydrogen) atoms. The predicted octanol–water partition coefficient (Wildman–Crippen LogP) is 1.17. The second kappa shape index (κ2) is 6.79. The van der Waals surface area contributed by atoms with Crippen LogP contribution < -0.4 is 5.32 Å². The molecule has 1 aromatic rings. The largest absolute Gasteiger partial charge is 2.00 e. The molecule has 0 aromatic heterocycles. The van der Waals surface area contributed by atoms with Crippen LogP contribution in [0.5, 0.6) is 0 Å². The van der Waals surface area contributed by atoms with Gasteiger partial charge in [-0.3, -0.25) is 0 Å². The molecule has 1 aromatic carbocycles. The second-order valence-corrected chi connectivity index (χ2v) is 2.93. The Hall–Kier alpha value is 0.400. The summed E-state index contributed by atoms with van der Waals surface area (Å²) in [6.45, 7) is 1.96. The molecule has 0 saturated carbocycles. The van der Waals surface area contributed by atoms with Gasteiger partial charge in [0.1, 0.15) is 0 Å². The summed E-state index contributed by atoms with van der Waals surface area (Å²) in [6, 6.07) is 9.76. The van der Waals surface area contributed by atoms with Gasteiger partial charge < -0.3 is 13.3 Å². The molecule has 0 amide bonds. The van der Waals surface area contributed by atoms with E-state index >= 15 is 0 Å². The molecule has 2 N–H and O–H groups in total. The third-order valence-corrected chi connectivity index (χ3v) is 2.07. The second-order valence-electron chi connectivity index (χ2n) is 2.93. The molecule has 0 fully saturated rings. The zero-order chi connectivity index (χ0) is 8.97. The number of aliphatic hydroxyl groups is 1. The normalized spacial score (nSPS) is 14.4. The topological polar surface area (TPSA) is 32.3 Å². The zero-order valence-electron chi connectivity index (χ0n) is 10.2. The van der Waals surface area contributed by atoms with Gasteiger partial charge >= 0.3 is 37.7 Å². The molecule has 0 heterocycles. The molecular weight excluding hydrogens is 190 g/mol. The molecule has 2 atom stereocenters. The third-order valence-electron chi connectivity index (χ3n) is 2.07. The van der Waals surface area contributed by atoms with Crippen molar-refractivity contribution < 1.29 is 7.96 Å². The molecule has 0 radical (unpaired) electrons. The molecule has 2 nitrogen and oxygen atoms in total. The number of likely N-dealkylation sites (N-methyl/N-ethyl adjacent to an activating group) is 1. The first-order chi connectivity index (χ1) is 5.75. The molecular formula is C10H17CaNO. The average molecular weight is 207 g/mol. The van der Waals surface area contributed by atoms with Crippen LogP contribution in [0, 0.1) is 0 Å². The fourth-order valence-electron chi connectivity index (χ4n) is 1.10. The van der Waals surface area contributed by atoms with Crippen LogP contribution in [0.1, 0.15) is 21.4 Å². The van der Waals surface area contributed by atoms with Gasteiger partial charge in [-0.25, -0.2) is 0 Å². The summed E-state index contributed by atoms with van der Waals surface area (Å²) < 4.78 is 0. The van der Waals surface area contributed by atoms with Crippen LogP contribution in [-0.4, -0.2) is 55.9 Å². The summed E-state index contributed by atoms with van der Waals surface area (Å²) in [4.78, 5) is 0. The van der Waals surface area contributed by atoms with Crippen LogP contribution in [0.3, 0.4) is 0 Å². The Morgan fingerprint density at radius 3 is 2.31 bits per heavy atom. The Balaban J connectivity index is -0.000000480. The van der Waals surface area contributed by atoms with Crippen molar-refractivity contribution in [2.24, 2.45) is 0 Å². The summed E-state index contributed by atoms with van der Waals surface area (Å²) in [5.74, 6) is 0. The van der Waals surface area contributed by atoms with Gasteiger partial charge in [-0.2, -0.15) is 0 Å². The quantitative estimate of drug-likeness (QED) is 0.729. The van der Waals surface area contributed by atoms with Gasteiger partial charge in [-0.05, 0) is 19.5 Å². The molecule has 0 aliphatic carbocycles. The molecule has 0 spiro atoms. The van der Waals surface area contributed by atoms with E-state index in [0.717, 1.165) is 5.56 Å². The minimum atomic E-state index is -0.420. The van der Waals surface area contributed by atoms with Crippen molar-refractivity contribution in [2.75, 3.05) is 7.05 Å². The van der Waals surface area contributed by atoms with E-state index in [1.165, 1.54) is 0 Å². The van der Waals surface area contributed by atoms with Crippen molar-refractivity contribution in [1.29, 1.82) is 0 Å². The van der Waals surface area contributed by atoms with Crippen molar-refractivity contribution >= 4 is 37.7 Å². The molecule has 0 aliphatic rings. The van der Waals surface area contributed by atoms with E-state index in [1.807, 2.05) is 44.3 Å². The van der Waals surface area contributed by atoms with Crippen LogP contribution in [0.25, 0.3) is 0 Å². The predicted molar refractivity (Wildman–Crippen MR) is 57.9 cm³/mol. The van der Waals surface area contributed by atoms with E-state index in [2.05, 4.69) is 5.32 Å². The number of rotatable bonds is 3. The Morgan fingerprint density at radius 1 is 1.31 bits per heavy atom. The first-order valence-electron chi connectivity index (χ1n) is 4.16. The number of hydrogen-bond donors (Lipinski definition) is 2. The Kier molecular flexibility index (Phi) is 7.00. The van der Waals surface area contributed by atoms with Gasteiger partial charge in [0.15, 0.2) is 0 Å². The monoisotopic (exact) mass is 207 g/mol. The van der Waals surface area contributed by atoms with Crippen molar-refractivity contribution in [2.45, 2.75) is 19.1 Å². The smallest absolute Gasteiger partial charge is 1.00 e. The van der Waals surface area contributed by atoms with Crippen molar-refractivity contribution in [3.8, 4) is 0 Å². The minimum Gasteiger partial charge on any atom is -1.00 e. The third kappa shape index (κ3) is 3.96. The molecule has 3 heteroatoms. The Bertz CT molecular complexity index is 236. The van der Waals surface area contributed by atoms with Crippen LogP contribution in [0.15, 0.2) is 30.3 Å². The fraction of sp³-hybridized carbons (Fsp3) is 0.400. The van der Waals surface area contributed by atoms with Crippen molar-refractivity contribution in [3.05, 3.63) is 35.9 Å². The summed E-state index contributed by atoms with van der Waals surface area (Å²) >= 11 is 0. The maximum absolute atomic E-state index is 9.73. The standard InChI is InChI=1S/C10H15NO.Ca.2H/c1-8(11-2)10(12)9-6-4-3-5-7-9;;;/h3-8,10-12H,1-2H3;;;/q;+2;2*-1. The molecule has 0 aliphatic heterocycles. The summed E-state index contributed by atoms with van der Waals surface area (Å²) in [5, 5.41) is 12.7. The van der Waals surface area contributed by atoms with Crippen LogP contribution in [0.4, 0.5) is 0 Å². The number of hydrogen-bond acceptors (Lipinski definition) is 2. The van der Waals surface area contributed by atoms with E-state index < -0.39 is 6.10 Å². The summed E-state index contributed by atoms with van der Waals surface area (Å²) in [5.41, 5.74) is 0.958. The summed E-state index contributed by atoms with van der Waals surface area (Å²) in [6.07, 6.45) is -0.420. The van der Waals surface area contributed by atoms with Crippen LogP contribution >= 0.6 is 0 Å². The van der Waals surface area contributed by atoms with Crippen LogP contribution in [-0.2, 0) is 0 Å². The zero-order valence-corrected chi connectivity index (χ0v) is 10.4. The molecule has 0 saturated heterocycles. The fourth-order valence-corrected chi connectivity index (χ4v) is 1.10. The molecule has 0 bridgehead atoms. The van der Waals surface area contributed by atoms with Crippen molar-refractivity contribution in [1.82, 2.24) is 5.32 Å². The van der Waals surface area contributed by atoms with Gasteiger partial charge in [0.05, 0.1) is 6.10 Å². The SMILES string of the molecule is CNC(C)C(O)c1ccccc1.[Ca+2].[H-].[H-]. The first-order valence-corrected chi connectivity index (χ1v) is 4.16. The maximum Gasteiger partial charge on any atom is 2.00 e. The average Bonchev–Trinajstić information content (AvgIpc) is 2.17. The number of benzene rings is 1. The Labute approximate surface area is 112 Å². The van der Waals surface area contributed by atoms with E-state index in [1.54, 1.807) is 0 Å². The first kappa shape index (κ1) is 13.4. The number of aliphatic hydroxyl groups excluding tert-OH is 1. The molecule has 2 unspecified atom stereocenters. The van der Waals surface area contributed by atoms with Gasteiger partial charge in [0.25, 0.3) is 0 Å².